The molecule has 27 heavy (non-hydrogen) atoms. The van der Waals surface area contributed by atoms with Crippen LogP contribution in [0.25, 0.3) is 0 Å². The zero-order valence-electron chi connectivity index (χ0n) is 15.6. The van der Waals surface area contributed by atoms with Crippen molar-refractivity contribution in [1.29, 1.82) is 0 Å². The first-order valence-corrected chi connectivity index (χ1v) is 8.93. The molecule has 0 bridgehead atoms. The van der Waals surface area contributed by atoms with Gasteiger partial charge in [0.25, 0.3) is 5.91 Å². The van der Waals surface area contributed by atoms with Crippen LogP contribution in [0.15, 0.2) is 48.5 Å². The minimum Gasteiger partial charge on any atom is -0.497 e. The second kappa shape index (κ2) is 8.68. The third-order valence-electron chi connectivity index (χ3n) is 4.53. The fourth-order valence-corrected chi connectivity index (χ4v) is 2.94. The lowest BCUT2D eigenvalue weighted by molar-refractivity contribution is -0.129. The van der Waals surface area contributed by atoms with Gasteiger partial charge in [-0.25, -0.2) is 0 Å². The smallest absolute Gasteiger partial charge is 0.253 e. The molecule has 1 heterocycles. The van der Waals surface area contributed by atoms with Gasteiger partial charge >= 0.3 is 0 Å². The largest absolute Gasteiger partial charge is 0.497 e. The lowest BCUT2D eigenvalue weighted by Gasteiger charge is -2.33. The molecule has 0 saturated carbocycles. The van der Waals surface area contributed by atoms with Crippen molar-refractivity contribution in [2.45, 2.75) is 19.4 Å². The number of nitrogens with one attached hydrogen (secondary N) is 1. The Morgan fingerprint density at radius 3 is 2.56 bits per heavy atom. The van der Waals surface area contributed by atoms with E-state index in [1.807, 2.05) is 55.5 Å². The predicted molar refractivity (Wildman–Crippen MR) is 103 cm³/mol. The van der Waals surface area contributed by atoms with Crippen molar-refractivity contribution in [3.63, 3.8) is 0 Å². The average Bonchev–Trinajstić information content (AvgIpc) is 2.69. The molecular formula is C21H24N2O4. The van der Waals surface area contributed by atoms with Gasteiger partial charge in [0.2, 0.25) is 5.91 Å². The molecule has 1 saturated heterocycles. The normalized spacial score (nSPS) is 16.9. The van der Waals surface area contributed by atoms with Crippen LogP contribution >= 0.6 is 0 Å². The standard InChI is InChI=1S/C21H24N2O4/c1-15-3-7-17(8-4-15)23-13-19(27-14-21(23)25)12-22-20(24)11-16-5-9-18(26-2)10-6-16/h3-10,19H,11-14H2,1-2H3,(H,22,24). The molecule has 3 rings (SSSR count). The number of methoxy groups -OCH3 is 1. The van der Waals surface area contributed by atoms with E-state index in [4.69, 9.17) is 9.47 Å². The van der Waals surface area contributed by atoms with Crippen LogP contribution in [-0.2, 0) is 20.7 Å². The highest BCUT2D eigenvalue weighted by molar-refractivity contribution is 5.95. The van der Waals surface area contributed by atoms with Crippen molar-refractivity contribution in [1.82, 2.24) is 5.32 Å². The highest BCUT2D eigenvalue weighted by Gasteiger charge is 2.27. The van der Waals surface area contributed by atoms with Gasteiger partial charge in [-0.05, 0) is 36.8 Å². The zero-order valence-corrected chi connectivity index (χ0v) is 15.6. The first-order valence-electron chi connectivity index (χ1n) is 8.93. The number of benzene rings is 2. The van der Waals surface area contributed by atoms with Crippen LogP contribution in [0, 0.1) is 6.92 Å². The van der Waals surface area contributed by atoms with Crippen LogP contribution in [0.5, 0.6) is 5.75 Å². The Morgan fingerprint density at radius 1 is 1.19 bits per heavy atom. The summed E-state index contributed by atoms with van der Waals surface area (Å²) in [5, 5.41) is 2.89. The molecule has 1 aliphatic rings. The highest BCUT2D eigenvalue weighted by atomic mass is 16.5. The lowest BCUT2D eigenvalue weighted by Crippen LogP contribution is -2.50. The summed E-state index contributed by atoms with van der Waals surface area (Å²) in [5.41, 5.74) is 2.90. The molecule has 0 radical (unpaired) electrons. The molecule has 1 aliphatic heterocycles. The Hall–Kier alpha value is -2.86. The maximum atomic E-state index is 12.2. The van der Waals surface area contributed by atoms with Crippen LogP contribution < -0.4 is 15.0 Å². The van der Waals surface area contributed by atoms with Crippen LogP contribution in [0.2, 0.25) is 0 Å². The Labute approximate surface area is 159 Å². The monoisotopic (exact) mass is 368 g/mol. The van der Waals surface area contributed by atoms with Crippen LogP contribution in [0.4, 0.5) is 5.69 Å². The van der Waals surface area contributed by atoms with Gasteiger partial charge in [0.15, 0.2) is 0 Å². The zero-order chi connectivity index (χ0) is 19.2. The van der Waals surface area contributed by atoms with E-state index in [-0.39, 0.29) is 30.9 Å². The molecule has 1 N–H and O–H groups in total. The summed E-state index contributed by atoms with van der Waals surface area (Å²) in [7, 11) is 1.61. The summed E-state index contributed by atoms with van der Waals surface area (Å²) >= 11 is 0. The van der Waals surface area contributed by atoms with E-state index in [9.17, 15) is 9.59 Å². The first-order chi connectivity index (χ1) is 13.0. The number of morpholine rings is 1. The quantitative estimate of drug-likeness (QED) is 0.848. The van der Waals surface area contributed by atoms with E-state index >= 15 is 0 Å². The first kappa shape index (κ1) is 18.9. The van der Waals surface area contributed by atoms with Crippen molar-refractivity contribution < 1.29 is 19.1 Å². The summed E-state index contributed by atoms with van der Waals surface area (Å²) in [6.07, 6.45) is 0.0564. The summed E-state index contributed by atoms with van der Waals surface area (Å²) < 4.78 is 10.7. The van der Waals surface area contributed by atoms with Crippen molar-refractivity contribution in [3.8, 4) is 5.75 Å². The summed E-state index contributed by atoms with van der Waals surface area (Å²) in [6, 6.07) is 15.2. The molecule has 6 heteroatoms. The van der Waals surface area contributed by atoms with E-state index in [1.165, 1.54) is 0 Å². The lowest BCUT2D eigenvalue weighted by atomic mass is 10.1. The molecule has 1 fully saturated rings. The topological polar surface area (TPSA) is 67.9 Å². The maximum Gasteiger partial charge on any atom is 0.253 e. The summed E-state index contributed by atoms with van der Waals surface area (Å²) in [5.74, 6) is 0.609. The number of carbonyl (C=O) groups excluding carboxylic acids is 2. The van der Waals surface area contributed by atoms with E-state index in [0.717, 1.165) is 22.6 Å². The molecule has 2 aromatic carbocycles. The van der Waals surface area contributed by atoms with Gasteiger partial charge in [-0.3, -0.25) is 9.59 Å². The van der Waals surface area contributed by atoms with Crippen LogP contribution in [0.1, 0.15) is 11.1 Å². The Bertz CT molecular complexity index is 787. The van der Waals surface area contributed by atoms with Crippen LogP contribution in [-0.4, -0.2) is 44.7 Å². The number of anilines is 1. The number of carbonyl (C=O) groups is 2. The number of hydrogen-bond acceptors (Lipinski definition) is 4. The molecule has 0 aliphatic carbocycles. The number of aryl methyl sites for hydroxylation is 1. The van der Waals surface area contributed by atoms with E-state index in [2.05, 4.69) is 5.32 Å². The van der Waals surface area contributed by atoms with Crippen molar-refractivity contribution in [2.24, 2.45) is 0 Å². The molecule has 2 aromatic rings. The van der Waals surface area contributed by atoms with Gasteiger partial charge in [-0.1, -0.05) is 29.8 Å². The predicted octanol–water partition coefficient (Wildman–Crippen LogP) is 2.09. The molecule has 142 valence electrons. The van der Waals surface area contributed by atoms with Gasteiger partial charge in [0.05, 0.1) is 26.2 Å². The maximum absolute atomic E-state index is 12.2. The molecule has 6 nitrogen and oxygen atoms in total. The van der Waals surface area contributed by atoms with Crippen LogP contribution in [0.3, 0.4) is 0 Å². The van der Waals surface area contributed by atoms with E-state index in [1.54, 1.807) is 12.0 Å². The number of rotatable bonds is 6. The van der Waals surface area contributed by atoms with Gasteiger partial charge < -0.3 is 19.7 Å². The van der Waals surface area contributed by atoms with Crippen molar-refractivity contribution in [3.05, 3.63) is 59.7 Å². The second-order valence-electron chi connectivity index (χ2n) is 6.60. The Balaban J connectivity index is 1.51. The molecular weight excluding hydrogens is 344 g/mol. The van der Waals surface area contributed by atoms with Crippen molar-refractivity contribution in [2.75, 3.05) is 31.7 Å². The highest BCUT2D eigenvalue weighted by Crippen LogP contribution is 2.19. The molecule has 0 spiro atoms. The molecule has 2 amide bonds. The SMILES string of the molecule is COc1ccc(CC(=O)NCC2CN(c3ccc(C)cc3)C(=O)CO2)cc1. The molecule has 0 aromatic heterocycles. The number of nitrogens with zero attached hydrogens (tertiary/aromatic N) is 1. The van der Waals surface area contributed by atoms with Gasteiger partial charge in [0.1, 0.15) is 12.4 Å². The Kier molecular flexibility index (Phi) is 6.08. The molecule has 1 unspecified atom stereocenters. The van der Waals surface area contributed by atoms with E-state index < -0.39 is 0 Å². The number of hydrogen-bond donors (Lipinski definition) is 1. The average molecular weight is 368 g/mol. The number of amides is 2. The fraction of sp³-hybridized carbons (Fsp3) is 0.333. The van der Waals surface area contributed by atoms with Gasteiger partial charge in [-0.15, -0.1) is 0 Å². The number of ether oxygens (including phenoxy) is 2. The van der Waals surface area contributed by atoms with E-state index in [0.29, 0.717) is 13.1 Å². The molecule has 1 atom stereocenters. The minimum atomic E-state index is -0.233. The third kappa shape index (κ3) is 5.08. The summed E-state index contributed by atoms with van der Waals surface area (Å²) in [6.45, 7) is 2.81. The minimum absolute atomic E-state index is 0.0207. The van der Waals surface area contributed by atoms with Crippen molar-refractivity contribution >= 4 is 17.5 Å². The Morgan fingerprint density at radius 2 is 1.89 bits per heavy atom. The van der Waals surface area contributed by atoms with Gasteiger partial charge in [0, 0.05) is 12.2 Å². The van der Waals surface area contributed by atoms with Gasteiger partial charge in [-0.2, -0.15) is 0 Å². The second-order valence-corrected chi connectivity index (χ2v) is 6.60. The summed E-state index contributed by atoms with van der Waals surface area (Å²) in [4.78, 5) is 26.1. The third-order valence-corrected chi connectivity index (χ3v) is 4.53. The fourth-order valence-electron chi connectivity index (χ4n) is 2.94.